The third kappa shape index (κ3) is 3.91. The maximum Gasteiger partial charge on any atom is 0.141 e. The second kappa shape index (κ2) is 6.19. The van der Waals surface area contributed by atoms with Gasteiger partial charge in [-0.25, -0.2) is 4.39 Å². The molecule has 0 fully saturated rings. The number of benzene rings is 2. The van der Waals surface area contributed by atoms with Crippen LogP contribution in [-0.2, 0) is 17.6 Å². The molecule has 0 saturated carbocycles. The van der Waals surface area contributed by atoms with Gasteiger partial charge in [-0.2, -0.15) is 0 Å². The topological polar surface area (TPSA) is 17.1 Å². The minimum absolute atomic E-state index is 0.0571. The molecule has 0 amide bonds. The number of ketones is 1. The van der Waals surface area contributed by atoms with Gasteiger partial charge in [0.1, 0.15) is 11.6 Å². The molecule has 0 bridgehead atoms. The maximum atomic E-state index is 13.1. The molecule has 0 atom stereocenters. The number of carbonyl (C=O) groups is 1. The van der Waals surface area contributed by atoms with E-state index in [0.717, 1.165) is 22.3 Å². The lowest BCUT2D eigenvalue weighted by Gasteiger charge is -2.05. The van der Waals surface area contributed by atoms with Crippen molar-refractivity contribution in [3.05, 3.63) is 69.5 Å². The fourth-order valence-corrected chi connectivity index (χ4v) is 2.54. The second-order valence-electron chi connectivity index (χ2n) is 5.14. The smallest absolute Gasteiger partial charge is 0.141 e. The zero-order valence-electron chi connectivity index (χ0n) is 11.5. The summed E-state index contributed by atoms with van der Waals surface area (Å²) in [6.07, 6.45) is 0.657. The Morgan fingerprint density at radius 2 is 1.60 bits per heavy atom. The summed E-state index contributed by atoms with van der Waals surface area (Å²) in [6, 6.07) is 10.5. The van der Waals surface area contributed by atoms with Crippen LogP contribution in [0.25, 0.3) is 0 Å². The monoisotopic (exact) mass is 290 g/mol. The lowest BCUT2D eigenvalue weighted by molar-refractivity contribution is -0.117. The molecule has 0 saturated heterocycles. The Balaban J connectivity index is 2.06. The summed E-state index contributed by atoms with van der Waals surface area (Å²) >= 11 is 5.71. The van der Waals surface area contributed by atoms with Crippen LogP contribution in [0.5, 0.6) is 0 Å². The van der Waals surface area contributed by atoms with E-state index in [0.29, 0.717) is 6.42 Å². The van der Waals surface area contributed by atoms with Gasteiger partial charge in [-0.05, 0) is 37.1 Å². The number of halogens is 2. The normalized spacial score (nSPS) is 10.6. The first-order chi connectivity index (χ1) is 9.44. The fourth-order valence-electron chi connectivity index (χ4n) is 2.34. The van der Waals surface area contributed by atoms with Crippen molar-refractivity contribution in [1.82, 2.24) is 0 Å². The zero-order chi connectivity index (χ0) is 14.7. The lowest BCUT2D eigenvalue weighted by atomic mass is 10.00. The average molecular weight is 291 g/mol. The molecule has 3 heteroatoms. The highest BCUT2D eigenvalue weighted by Gasteiger charge is 2.08. The second-order valence-corrected chi connectivity index (χ2v) is 5.54. The van der Waals surface area contributed by atoms with E-state index in [9.17, 15) is 9.18 Å². The first kappa shape index (κ1) is 14.7. The summed E-state index contributed by atoms with van der Waals surface area (Å²) < 4.78 is 13.1. The summed E-state index contributed by atoms with van der Waals surface area (Å²) in [5.41, 5.74) is 4.06. The van der Waals surface area contributed by atoms with Crippen molar-refractivity contribution < 1.29 is 9.18 Å². The summed E-state index contributed by atoms with van der Waals surface area (Å²) in [4.78, 5) is 12.1. The van der Waals surface area contributed by atoms with Crippen LogP contribution < -0.4 is 0 Å². The molecule has 1 nitrogen and oxygen atoms in total. The molecule has 2 aromatic rings. The van der Waals surface area contributed by atoms with Gasteiger partial charge in [-0.15, -0.1) is 0 Å². The van der Waals surface area contributed by atoms with E-state index in [2.05, 4.69) is 6.07 Å². The van der Waals surface area contributed by atoms with Crippen LogP contribution in [0.2, 0.25) is 5.02 Å². The number of hydrogen-bond donors (Lipinski definition) is 0. The Kier molecular flexibility index (Phi) is 4.56. The van der Waals surface area contributed by atoms with E-state index >= 15 is 0 Å². The summed E-state index contributed by atoms with van der Waals surface area (Å²) in [7, 11) is 0. The number of carbonyl (C=O) groups excluding carboxylic acids is 1. The van der Waals surface area contributed by atoms with Crippen LogP contribution in [0.3, 0.4) is 0 Å². The largest absolute Gasteiger partial charge is 0.299 e. The molecule has 0 unspecified atom stereocenters. The highest BCUT2D eigenvalue weighted by atomic mass is 35.5. The third-order valence-corrected chi connectivity index (χ3v) is 3.36. The number of rotatable bonds is 4. The van der Waals surface area contributed by atoms with Crippen molar-refractivity contribution in [3.63, 3.8) is 0 Å². The molecule has 0 aromatic heterocycles. The van der Waals surface area contributed by atoms with Gasteiger partial charge in [0.05, 0.1) is 5.02 Å². The first-order valence-corrected chi connectivity index (χ1v) is 6.84. The predicted octanol–water partition coefficient (Wildman–Crippen LogP) is 4.45. The van der Waals surface area contributed by atoms with Crippen LogP contribution in [0, 0.1) is 19.7 Å². The summed E-state index contributed by atoms with van der Waals surface area (Å²) in [5, 5.41) is 0.0571. The third-order valence-electron chi connectivity index (χ3n) is 3.07. The minimum Gasteiger partial charge on any atom is -0.299 e. The zero-order valence-corrected chi connectivity index (χ0v) is 12.3. The van der Waals surface area contributed by atoms with Gasteiger partial charge in [0, 0.05) is 12.8 Å². The Morgan fingerprint density at radius 3 is 2.20 bits per heavy atom. The van der Waals surface area contributed by atoms with Gasteiger partial charge >= 0.3 is 0 Å². The molecule has 0 heterocycles. The molecule has 0 radical (unpaired) electrons. The van der Waals surface area contributed by atoms with Crippen molar-refractivity contribution in [2.45, 2.75) is 26.7 Å². The van der Waals surface area contributed by atoms with Crippen LogP contribution in [0.15, 0.2) is 36.4 Å². The van der Waals surface area contributed by atoms with Gasteiger partial charge in [0.2, 0.25) is 0 Å². The molecule has 0 aliphatic carbocycles. The molecule has 2 rings (SSSR count). The number of Topliss-reactive ketones (excluding diaryl/α,β-unsaturated/α-hetero) is 1. The molecule has 0 aliphatic rings. The average Bonchev–Trinajstić information content (AvgIpc) is 2.32. The van der Waals surface area contributed by atoms with Crippen LogP contribution in [0.1, 0.15) is 22.3 Å². The van der Waals surface area contributed by atoms with Gasteiger partial charge in [-0.3, -0.25) is 4.79 Å². The van der Waals surface area contributed by atoms with E-state index in [4.69, 9.17) is 11.6 Å². The molecule has 0 aliphatic heterocycles. The van der Waals surface area contributed by atoms with Gasteiger partial charge in [0.25, 0.3) is 0 Å². The highest BCUT2D eigenvalue weighted by molar-refractivity contribution is 6.30. The van der Waals surface area contributed by atoms with Crippen molar-refractivity contribution in [1.29, 1.82) is 0 Å². The Morgan fingerprint density at radius 1 is 1.00 bits per heavy atom. The van der Waals surface area contributed by atoms with E-state index in [1.54, 1.807) is 6.07 Å². The van der Waals surface area contributed by atoms with Gasteiger partial charge in [-0.1, -0.05) is 47.0 Å². The fraction of sp³-hybridized carbons (Fsp3) is 0.235. The predicted molar refractivity (Wildman–Crippen MR) is 79.7 cm³/mol. The molecular weight excluding hydrogens is 275 g/mol. The van der Waals surface area contributed by atoms with Crippen molar-refractivity contribution >= 4 is 17.4 Å². The molecule has 104 valence electrons. The van der Waals surface area contributed by atoms with Crippen LogP contribution in [-0.4, -0.2) is 5.78 Å². The van der Waals surface area contributed by atoms with E-state index in [1.165, 1.54) is 12.1 Å². The van der Waals surface area contributed by atoms with Crippen molar-refractivity contribution in [3.8, 4) is 0 Å². The SMILES string of the molecule is Cc1cc(C)cc(CC(=O)Cc2ccc(F)c(Cl)c2)c1. The molecule has 20 heavy (non-hydrogen) atoms. The maximum absolute atomic E-state index is 13.1. The molecular formula is C17H16ClFO. The molecule has 2 aromatic carbocycles. The minimum atomic E-state index is -0.461. The molecule has 0 spiro atoms. The Labute approximate surface area is 123 Å². The highest BCUT2D eigenvalue weighted by Crippen LogP contribution is 2.17. The molecule has 0 N–H and O–H groups in total. The first-order valence-electron chi connectivity index (χ1n) is 6.47. The van der Waals surface area contributed by atoms with Crippen LogP contribution in [0.4, 0.5) is 4.39 Å². The van der Waals surface area contributed by atoms with E-state index < -0.39 is 5.82 Å². The number of hydrogen-bond acceptors (Lipinski definition) is 1. The van der Waals surface area contributed by atoms with E-state index in [1.807, 2.05) is 26.0 Å². The van der Waals surface area contributed by atoms with Crippen molar-refractivity contribution in [2.24, 2.45) is 0 Å². The van der Waals surface area contributed by atoms with Gasteiger partial charge < -0.3 is 0 Å². The summed E-state index contributed by atoms with van der Waals surface area (Å²) in [5.74, 6) is -0.366. The van der Waals surface area contributed by atoms with E-state index in [-0.39, 0.29) is 17.2 Å². The Bertz CT molecular complexity index is 629. The van der Waals surface area contributed by atoms with Crippen molar-refractivity contribution in [2.75, 3.05) is 0 Å². The Hall–Kier alpha value is -1.67. The quantitative estimate of drug-likeness (QED) is 0.813. The standard InChI is InChI=1S/C17H16ClFO/c1-11-5-12(2)7-14(6-11)9-15(20)8-13-3-4-17(19)16(18)10-13/h3-7,10H,8-9H2,1-2H3. The van der Waals surface area contributed by atoms with Crippen LogP contribution >= 0.6 is 11.6 Å². The van der Waals surface area contributed by atoms with Gasteiger partial charge in [0.15, 0.2) is 0 Å². The number of aryl methyl sites for hydroxylation is 2. The summed E-state index contributed by atoms with van der Waals surface area (Å²) in [6.45, 7) is 4.03. The lowest BCUT2D eigenvalue weighted by Crippen LogP contribution is -2.07.